The molecule has 0 radical (unpaired) electrons. The summed E-state index contributed by atoms with van der Waals surface area (Å²) in [6.07, 6.45) is -0.919. The van der Waals surface area contributed by atoms with Crippen LogP contribution in [-0.2, 0) is 4.74 Å². The van der Waals surface area contributed by atoms with Crippen molar-refractivity contribution in [2.75, 3.05) is 6.54 Å². The molecule has 1 saturated heterocycles. The van der Waals surface area contributed by atoms with Crippen LogP contribution in [0.5, 0.6) is 0 Å². The molecule has 0 aliphatic carbocycles. The van der Waals surface area contributed by atoms with Gasteiger partial charge in [-0.3, -0.25) is 4.90 Å². The van der Waals surface area contributed by atoms with E-state index in [0.717, 1.165) is 4.90 Å². The Morgan fingerprint density at radius 1 is 1.41 bits per heavy atom. The number of likely N-dealkylation sites (tertiary alicyclic amines) is 1. The maximum Gasteiger partial charge on any atom is 0.410 e. The quantitative estimate of drug-likeness (QED) is 0.713. The molecule has 0 aromatic carbocycles. The lowest BCUT2D eigenvalue weighted by Crippen LogP contribution is -2.42. The van der Waals surface area contributed by atoms with Gasteiger partial charge in [0.2, 0.25) is 0 Å². The van der Waals surface area contributed by atoms with Gasteiger partial charge in [0.15, 0.2) is 0 Å². The maximum absolute atomic E-state index is 13.3. The fraction of sp³-hybridized carbons (Fsp3) is 0.917. The van der Waals surface area contributed by atoms with Gasteiger partial charge in [-0.25, -0.2) is 13.6 Å². The number of alkyl halides is 2. The molecule has 0 aromatic heterocycles. The minimum atomic E-state index is -2.80. The zero-order chi connectivity index (χ0) is 13.4. The molecule has 1 fully saturated rings. The first kappa shape index (κ1) is 14.2. The third-order valence-electron chi connectivity index (χ3n) is 2.71. The van der Waals surface area contributed by atoms with E-state index in [9.17, 15) is 13.6 Å². The van der Waals surface area contributed by atoms with Crippen LogP contribution in [0.4, 0.5) is 13.6 Å². The van der Waals surface area contributed by atoms with Crippen LogP contribution < -0.4 is 0 Å². The SMILES string of the molecule is CC(C)[C@@H]1CC(F)(F)CN1C(=O)OC(C)(C)C. The van der Waals surface area contributed by atoms with E-state index in [4.69, 9.17) is 4.74 Å². The molecular formula is C12H21F2NO2. The first-order valence-electron chi connectivity index (χ1n) is 5.89. The first-order chi connectivity index (χ1) is 7.52. The van der Waals surface area contributed by atoms with Crippen LogP contribution in [0.3, 0.4) is 0 Å². The van der Waals surface area contributed by atoms with E-state index in [1.165, 1.54) is 0 Å². The van der Waals surface area contributed by atoms with Gasteiger partial charge in [0, 0.05) is 12.5 Å². The largest absolute Gasteiger partial charge is 0.444 e. The molecule has 1 aliphatic heterocycles. The van der Waals surface area contributed by atoms with E-state index in [-0.39, 0.29) is 12.3 Å². The molecular weight excluding hydrogens is 228 g/mol. The molecule has 0 bridgehead atoms. The van der Waals surface area contributed by atoms with Gasteiger partial charge in [-0.05, 0) is 26.7 Å². The predicted octanol–water partition coefficient (Wildman–Crippen LogP) is 3.29. The molecule has 0 spiro atoms. The molecule has 1 atom stereocenters. The number of rotatable bonds is 1. The van der Waals surface area contributed by atoms with Crippen molar-refractivity contribution >= 4 is 6.09 Å². The second-order valence-electron chi connectivity index (χ2n) is 5.98. The van der Waals surface area contributed by atoms with Crippen molar-refractivity contribution in [3.8, 4) is 0 Å². The van der Waals surface area contributed by atoms with E-state index < -0.39 is 30.2 Å². The van der Waals surface area contributed by atoms with Crippen molar-refractivity contribution in [3.05, 3.63) is 0 Å². The molecule has 17 heavy (non-hydrogen) atoms. The van der Waals surface area contributed by atoms with Crippen molar-refractivity contribution in [1.29, 1.82) is 0 Å². The summed E-state index contributed by atoms with van der Waals surface area (Å²) in [6.45, 7) is 8.31. The fourth-order valence-corrected chi connectivity index (χ4v) is 1.96. The Kier molecular flexibility index (Phi) is 3.69. The van der Waals surface area contributed by atoms with Crippen LogP contribution in [0.25, 0.3) is 0 Å². The summed E-state index contributed by atoms with van der Waals surface area (Å²) in [5.41, 5.74) is -0.656. The summed E-state index contributed by atoms with van der Waals surface area (Å²) in [4.78, 5) is 13.0. The predicted molar refractivity (Wildman–Crippen MR) is 61.1 cm³/mol. The first-order valence-corrected chi connectivity index (χ1v) is 5.89. The van der Waals surface area contributed by atoms with Crippen molar-refractivity contribution in [3.63, 3.8) is 0 Å². The molecule has 0 N–H and O–H groups in total. The van der Waals surface area contributed by atoms with E-state index >= 15 is 0 Å². The molecule has 1 heterocycles. The highest BCUT2D eigenvalue weighted by Gasteiger charge is 2.49. The number of carbonyl (C=O) groups excluding carboxylic acids is 1. The summed E-state index contributed by atoms with van der Waals surface area (Å²) in [7, 11) is 0. The number of nitrogens with zero attached hydrogens (tertiary/aromatic N) is 1. The van der Waals surface area contributed by atoms with Crippen LogP contribution in [-0.4, -0.2) is 35.1 Å². The normalized spacial score (nSPS) is 24.2. The van der Waals surface area contributed by atoms with Crippen LogP contribution in [0.1, 0.15) is 41.0 Å². The maximum atomic E-state index is 13.3. The molecule has 100 valence electrons. The minimum Gasteiger partial charge on any atom is -0.444 e. The second-order valence-corrected chi connectivity index (χ2v) is 5.98. The minimum absolute atomic E-state index is 0.00380. The van der Waals surface area contributed by atoms with Gasteiger partial charge in [0.05, 0.1) is 6.54 Å². The molecule has 5 heteroatoms. The lowest BCUT2D eigenvalue weighted by atomic mass is 10.0. The number of hydrogen-bond donors (Lipinski definition) is 0. The van der Waals surface area contributed by atoms with Gasteiger partial charge < -0.3 is 4.74 Å². The Bertz CT molecular complexity index is 297. The van der Waals surface area contributed by atoms with Gasteiger partial charge in [-0.1, -0.05) is 13.8 Å². The molecule has 0 aromatic rings. The summed E-state index contributed by atoms with van der Waals surface area (Å²) < 4.78 is 31.8. The Balaban J connectivity index is 2.77. The lowest BCUT2D eigenvalue weighted by Gasteiger charge is -2.29. The molecule has 1 rings (SSSR count). The highest BCUT2D eigenvalue weighted by Crippen LogP contribution is 2.36. The third-order valence-corrected chi connectivity index (χ3v) is 2.71. The van der Waals surface area contributed by atoms with Gasteiger partial charge in [-0.2, -0.15) is 0 Å². The van der Waals surface area contributed by atoms with Crippen LogP contribution in [0.2, 0.25) is 0 Å². The topological polar surface area (TPSA) is 29.5 Å². The van der Waals surface area contributed by atoms with Gasteiger partial charge in [0.25, 0.3) is 5.92 Å². The summed E-state index contributed by atoms with van der Waals surface area (Å²) in [6, 6.07) is -0.445. The fourth-order valence-electron chi connectivity index (χ4n) is 1.96. The Hall–Kier alpha value is -0.870. The Morgan fingerprint density at radius 3 is 2.35 bits per heavy atom. The monoisotopic (exact) mass is 249 g/mol. The molecule has 3 nitrogen and oxygen atoms in total. The van der Waals surface area contributed by atoms with Crippen molar-refractivity contribution < 1.29 is 18.3 Å². The van der Waals surface area contributed by atoms with Crippen molar-refractivity contribution in [2.24, 2.45) is 5.92 Å². The highest BCUT2D eigenvalue weighted by atomic mass is 19.3. The number of ether oxygens (including phenoxy) is 1. The zero-order valence-electron chi connectivity index (χ0n) is 11.1. The zero-order valence-corrected chi connectivity index (χ0v) is 11.1. The number of hydrogen-bond acceptors (Lipinski definition) is 2. The van der Waals surface area contributed by atoms with Gasteiger partial charge in [0.1, 0.15) is 5.60 Å². The van der Waals surface area contributed by atoms with E-state index in [1.807, 2.05) is 13.8 Å². The van der Waals surface area contributed by atoms with Crippen LogP contribution in [0.15, 0.2) is 0 Å². The standard InChI is InChI=1S/C12H21F2NO2/c1-8(2)9-6-12(13,14)7-15(9)10(16)17-11(3,4)5/h8-9H,6-7H2,1-5H3/t9-/m0/s1. The van der Waals surface area contributed by atoms with Crippen LogP contribution >= 0.6 is 0 Å². The van der Waals surface area contributed by atoms with Crippen LogP contribution in [0, 0.1) is 5.92 Å². The molecule has 1 amide bonds. The van der Waals surface area contributed by atoms with E-state index in [0.29, 0.717) is 0 Å². The highest BCUT2D eigenvalue weighted by molar-refractivity contribution is 5.69. The summed E-state index contributed by atoms with van der Waals surface area (Å²) in [5, 5.41) is 0. The number of carbonyl (C=O) groups is 1. The average molecular weight is 249 g/mol. The van der Waals surface area contributed by atoms with Crippen molar-refractivity contribution in [2.45, 2.75) is 58.6 Å². The van der Waals surface area contributed by atoms with Gasteiger partial charge in [-0.15, -0.1) is 0 Å². The average Bonchev–Trinajstić information content (AvgIpc) is 2.38. The van der Waals surface area contributed by atoms with Gasteiger partial charge >= 0.3 is 6.09 Å². The number of halogens is 2. The molecule has 1 aliphatic rings. The Labute approximate surface area is 101 Å². The smallest absolute Gasteiger partial charge is 0.410 e. The van der Waals surface area contributed by atoms with Crippen molar-refractivity contribution in [1.82, 2.24) is 4.90 Å². The molecule has 0 saturated carbocycles. The number of amides is 1. The summed E-state index contributed by atoms with van der Waals surface area (Å²) >= 11 is 0. The third kappa shape index (κ3) is 3.82. The van der Waals surface area contributed by atoms with E-state index in [1.54, 1.807) is 20.8 Å². The lowest BCUT2D eigenvalue weighted by molar-refractivity contribution is -0.00274. The summed E-state index contributed by atoms with van der Waals surface area (Å²) in [5.74, 6) is -2.80. The molecule has 0 unspecified atom stereocenters. The second kappa shape index (κ2) is 4.42. The Morgan fingerprint density at radius 2 is 1.94 bits per heavy atom. The van der Waals surface area contributed by atoms with E-state index in [2.05, 4.69) is 0 Å².